The highest BCUT2D eigenvalue weighted by molar-refractivity contribution is 8.03. The van der Waals surface area contributed by atoms with Gasteiger partial charge in [0.15, 0.2) is 0 Å². The van der Waals surface area contributed by atoms with E-state index in [2.05, 4.69) is 16.7 Å². The van der Waals surface area contributed by atoms with Crippen LogP contribution in [0.15, 0.2) is 76.5 Å². The van der Waals surface area contributed by atoms with Crippen molar-refractivity contribution in [2.45, 2.75) is 12.8 Å². The maximum Gasteiger partial charge on any atom is 0.316 e. The van der Waals surface area contributed by atoms with Crippen molar-refractivity contribution in [2.75, 3.05) is 25.3 Å². The second-order valence-electron chi connectivity index (χ2n) is 6.88. The van der Waals surface area contributed by atoms with Crippen LogP contribution >= 0.6 is 11.8 Å². The van der Waals surface area contributed by atoms with Crippen molar-refractivity contribution in [1.29, 1.82) is 5.26 Å². The van der Waals surface area contributed by atoms with Crippen molar-refractivity contribution < 1.29 is 19.1 Å². The van der Waals surface area contributed by atoms with Crippen molar-refractivity contribution in [2.24, 2.45) is 0 Å². The van der Waals surface area contributed by atoms with E-state index in [0.29, 0.717) is 33.3 Å². The molecular formula is C24H23N3O4S. The normalized spacial score (nSPS) is 15.5. The van der Waals surface area contributed by atoms with E-state index in [-0.39, 0.29) is 11.7 Å². The van der Waals surface area contributed by atoms with Crippen LogP contribution in [-0.4, -0.2) is 31.8 Å². The summed E-state index contributed by atoms with van der Waals surface area (Å²) in [6.45, 7) is 1.78. The quantitative estimate of drug-likeness (QED) is 0.618. The van der Waals surface area contributed by atoms with Gasteiger partial charge in [-0.2, -0.15) is 5.26 Å². The lowest BCUT2D eigenvalue weighted by Gasteiger charge is -2.30. The highest BCUT2D eigenvalue weighted by Crippen LogP contribution is 2.41. The molecule has 0 aliphatic carbocycles. The number of methoxy groups -OCH3 is 2. The van der Waals surface area contributed by atoms with Crippen LogP contribution in [0.1, 0.15) is 18.4 Å². The molecule has 1 amide bonds. The van der Waals surface area contributed by atoms with Crippen LogP contribution in [0.4, 0.5) is 5.69 Å². The number of rotatable bonds is 7. The van der Waals surface area contributed by atoms with Crippen molar-refractivity contribution in [3.63, 3.8) is 0 Å². The average Bonchev–Trinajstić information content (AvgIpc) is 2.82. The Morgan fingerprint density at radius 3 is 2.47 bits per heavy atom. The molecule has 3 rings (SSSR count). The summed E-state index contributed by atoms with van der Waals surface area (Å²) in [5, 5.41) is 16.6. The summed E-state index contributed by atoms with van der Waals surface area (Å²) < 4.78 is 10.1. The predicted octanol–water partition coefficient (Wildman–Crippen LogP) is 3.94. The number of para-hydroxylation sites is 2. The summed E-state index contributed by atoms with van der Waals surface area (Å²) in [6.07, 6.45) is 0. The van der Waals surface area contributed by atoms with Gasteiger partial charge in [-0.3, -0.25) is 9.59 Å². The van der Waals surface area contributed by atoms with Crippen LogP contribution in [0, 0.1) is 11.3 Å². The van der Waals surface area contributed by atoms with Crippen LogP contribution in [0.25, 0.3) is 0 Å². The van der Waals surface area contributed by atoms with Crippen LogP contribution in [0.2, 0.25) is 0 Å². The Labute approximate surface area is 191 Å². The largest absolute Gasteiger partial charge is 0.495 e. The van der Waals surface area contributed by atoms with E-state index in [0.717, 1.165) is 5.56 Å². The highest BCUT2D eigenvalue weighted by atomic mass is 32.2. The molecule has 2 aromatic rings. The summed E-state index contributed by atoms with van der Waals surface area (Å²) >= 11 is 1.17. The van der Waals surface area contributed by atoms with Gasteiger partial charge in [-0.25, -0.2) is 0 Å². The molecule has 1 aliphatic heterocycles. The van der Waals surface area contributed by atoms with E-state index in [9.17, 15) is 14.9 Å². The second kappa shape index (κ2) is 10.6. The van der Waals surface area contributed by atoms with Gasteiger partial charge in [0.05, 0.1) is 48.2 Å². The minimum atomic E-state index is -0.600. The zero-order valence-electron chi connectivity index (χ0n) is 18.0. The van der Waals surface area contributed by atoms with Crippen molar-refractivity contribution in [1.82, 2.24) is 5.32 Å². The molecule has 32 heavy (non-hydrogen) atoms. The third-order valence-electron chi connectivity index (χ3n) is 4.94. The van der Waals surface area contributed by atoms with E-state index in [1.54, 1.807) is 25.1 Å². The van der Waals surface area contributed by atoms with Crippen LogP contribution < -0.4 is 15.4 Å². The summed E-state index contributed by atoms with van der Waals surface area (Å²) in [5.41, 5.74) is 2.70. The van der Waals surface area contributed by atoms with Crippen molar-refractivity contribution >= 4 is 29.3 Å². The van der Waals surface area contributed by atoms with Crippen LogP contribution in [-0.2, 0) is 14.3 Å². The standard InChI is InChI=1S/C24H23N3O4S/c1-15-21(23(29)27-18-11-7-8-12-19(18)30-2)22(16-9-5-4-6-10-16)17(13-25)24(26-15)32-14-20(28)31-3/h4-12,22,26H,14H2,1-3H3,(H,27,29)/t22-/m0/s1. The maximum absolute atomic E-state index is 13.4. The number of anilines is 1. The Hall–Kier alpha value is -3.70. The summed E-state index contributed by atoms with van der Waals surface area (Å²) in [6, 6.07) is 18.7. The number of amides is 1. The summed E-state index contributed by atoms with van der Waals surface area (Å²) in [5.74, 6) is -0.777. The number of carbonyl (C=O) groups is 2. The Kier molecular flexibility index (Phi) is 7.58. The van der Waals surface area contributed by atoms with Gasteiger partial charge in [-0.15, -0.1) is 0 Å². The van der Waals surface area contributed by atoms with Crippen LogP contribution in [0.3, 0.4) is 0 Å². The number of carbonyl (C=O) groups excluding carboxylic acids is 2. The van der Waals surface area contributed by atoms with Gasteiger partial charge >= 0.3 is 5.97 Å². The molecule has 2 N–H and O–H groups in total. The monoisotopic (exact) mass is 449 g/mol. The Balaban J connectivity index is 2.03. The molecule has 1 aliphatic rings. The van der Waals surface area contributed by atoms with E-state index < -0.39 is 11.9 Å². The summed E-state index contributed by atoms with van der Waals surface area (Å²) in [7, 11) is 2.85. The number of hydrogen-bond acceptors (Lipinski definition) is 7. The molecule has 0 saturated carbocycles. The maximum atomic E-state index is 13.4. The molecule has 0 unspecified atom stereocenters. The number of dihydropyridines is 1. The molecule has 2 aromatic carbocycles. The minimum Gasteiger partial charge on any atom is -0.495 e. The van der Waals surface area contributed by atoms with E-state index in [1.807, 2.05) is 36.4 Å². The number of nitrogens with one attached hydrogen (secondary N) is 2. The van der Waals surface area contributed by atoms with Gasteiger partial charge in [-0.1, -0.05) is 54.2 Å². The average molecular weight is 450 g/mol. The molecule has 0 spiro atoms. The zero-order chi connectivity index (χ0) is 23.1. The van der Waals surface area contributed by atoms with Gasteiger partial charge < -0.3 is 20.1 Å². The minimum absolute atomic E-state index is 0.0432. The number of ether oxygens (including phenoxy) is 2. The lowest BCUT2D eigenvalue weighted by molar-refractivity contribution is -0.137. The molecule has 164 valence electrons. The predicted molar refractivity (Wildman–Crippen MR) is 124 cm³/mol. The molecule has 0 saturated heterocycles. The fraction of sp³-hybridized carbons (Fsp3) is 0.208. The fourth-order valence-electron chi connectivity index (χ4n) is 3.43. The number of benzene rings is 2. The van der Waals surface area contributed by atoms with Gasteiger partial charge in [0.1, 0.15) is 5.75 Å². The topological polar surface area (TPSA) is 100 Å². The number of hydrogen-bond donors (Lipinski definition) is 2. The van der Waals surface area contributed by atoms with Crippen molar-refractivity contribution in [3.05, 3.63) is 82.0 Å². The SMILES string of the molecule is COC(=O)CSC1=C(C#N)[C@H](c2ccccc2)C(C(=O)Nc2ccccc2OC)=C(C)N1. The van der Waals surface area contributed by atoms with E-state index in [4.69, 9.17) is 9.47 Å². The Morgan fingerprint density at radius 1 is 1.12 bits per heavy atom. The van der Waals surface area contributed by atoms with Crippen LogP contribution in [0.5, 0.6) is 5.75 Å². The molecule has 8 heteroatoms. The van der Waals surface area contributed by atoms with E-state index >= 15 is 0 Å². The van der Waals surface area contributed by atoms with E-state index in [1.165, 1.54) is 26.0 Å². The Bertz CT molecular complexity index is 1120. The molecule has 1 heterocycles. The van der Waals surface area contributed by atoms with Crippen molar-refractivity contribution in [3.8, 4) is 11.8 Å². The van der Waals surface area contributed by atoms with Gasteiger partial charge in [0.2, 0.25) is 0 Å². The fourth-order valence-corrected chi connectivity index (χ4v) is 4.36. The lowest BCUT2D eigenvalue weighted by atomic mass is 9.82. The molecule has 1 atom stereocenters. The van der Waals surface area contributed by atoms with Gasteiger partial charge in [-0.05, 0) is 24.6 Å². The second-order valence-corrected chi connectivity index (χ2v) is 7.87. The third kappa shape index (κ3) is 4.95. The molecular weight excluding hydrogens is 426 g/mol. The first kappa shape index (κ1) is 23.0. The van der Waals surface area contributed by atoms with Gasteiger partial charge in [0.25, 0.3) is 5.91 Å². The zero-order valence-corrected chi connectivity index (χ0v) is 18.8. The number of nitrogens with zero attached hydrogens (tertiary/aromatic N) is 1. The third-order valence-corrected chi connectivity index (χ3v) is 5.93. The number of allylic oxidation sites excluding steroid dienone is 2. The molecule has 0 aromatic heterocycles. The Morgan fingerprint density at radius 2 is 1.81 bits per heavy atom. The highest BCUT2D eigenvalue weighted by Gasteiger charge is 2.35. The summed E-state index contributed by atoms with van der Waals surface area (Å²) in [4.78, 5) is 25.1. The number of esters is 1. The molecule has 0 fully saturated rings. The number of nitriles is 1. The lowest BCUT2D eigenvalue weighted by Crippen LogP contribution is -2.31. The first-order valence-electron chi connectivity index (χ1n) is 9.81. The van der Waals surface area contributed by atoms with Gasteiger partial charge in [0, 0.05) is 11.3 Å². The molecule has 7 nitrogen and oxygen atoms in total. The first-order chi connectivity index (χ1) is 15.5. The smallest absolute Gasteiger partial charge is 0.316 e. The number of thioether (sulfide) groups is 1. The first-order valence-corrected chi connectivity index (χ1v) is 10.8. The molecule has 0 bridgehead atoms. The molecule has 0 radical (unpaired) electrons.